The topological polar surface area (TPSA) is 116 Å². The third-order valence-corrected chi connectivity index (χ3v) is 4.81. The Hall–Kier alpha value is -3.01. The summed E-state index contributed by atoms with van der Waals surface area (Å²) in [7, 11) is 0. The standard InChI is InChI=1S/C17H18N4O5S/c1-3-11(14(22)18-8-10-6-5-7-27-10)21-9-19-15-12(16(21)23)13(20-26-15)17(24)25-4-2/h5-7,9,11H,3-4,8H2,1-2H3,(H,18,22)/t11-/m0/s1. The van der Waals surface area contributed by atoms with Gasteiger partial charge in [0.05, 0.1) is 13.2 Å². The summed E-state index contributed by atoms with van der Waals surface area (Å²) in [5.74, 6) is -1.09. The number of amides is 1. The molecule has 3 aromatic rings. The molecule has 0 aliphatic heterocycles. The van der Waals surface area contributed by atoms with E-state index in [1.54, 1.807) is 13.8 Å². The van der Waals surface area contributed by atoms with E-state index in [4.69, 9.17) is 9.26 Å². The smallest absolute Gasteiger partial charge is 0.361 e. The van der Waals surface area contributed by atoms with Gasteiger partial charge in [-0.3, -0.25) is 14.2 Å². The fourth-order valence-corrected chi connectivity index (χ4v) is 3.28. The Labute approximate surface area is 157 Å². The molecule has 3 aromatic heterocycles. The van der Waals surface area contributed by atoms with Gasteiger partial charge in [-0.15, -0.1) is 11.3 Å². The van der Waals surface area contributed by atoms with Crippen molar-refractivity contribution in [2.24, 2.45) is 0 Å². The van der Waals surface area contributed by atoms with Crippen molar-refractivity contribution < 1.29 is 18.8 Å². The van der Waals surface area contributed by atoms with Crippen LogP contribution in [-0.4, -0.2) is 33.2 Å². The van der Waals surface area contributed by atoms with Gasteiger partial charge in [-0.05, 0) is 24.8 Å². The lowest BCUT2D eigenvalue weighted by Gasteiger charge is -2.17. The number of hydrogen-bond donors (Lipinski definition) is 1. The summed E-state index contributed by atoms with van der Waals surface area (Å²) >= 11 is 1.53. The number of nitrogens with one attached hydrogen (secondary N) is 1. The summed E-state index contributed by atoms with van der Waals surface area (Å²) in [4.78, 5) is 42.5. The van der Waals surface area contributed by atoms with Gasteiger partial charge in [-0.1, -0.05) is 18.1 Å². The molecule has 0 bridgehead atoms. The van der Waals surface area contributed by atoms with Crippen molar-refractivity contribution in [1.29, 1.82) is 0 Å². The first-order valence-corrected chi connectivity index (χ1v) is 9.28. The Kier molecular flexibility index (Phi) is 5.65. The Morgan fingerprint density at radius 2 is 2.22 bits per heavy atom. The molecule has 0 saturated heterocycles. The van der Waals surface area contributed by atoms with Crippen molar-refractivity contribution >= 4 is 34.3 Å². The van der Waals surface area contributed by atoms with Gasteiger partial charge in [-0.2, -0.15) is 0 Å². The Balaban J connectivity index is 1.92. The molecule has 0 spiro atoms. The lowest BCUT2D eigenvalue weighted by atomic mass is 10.2. The molecule has 10 heteroatoms. The van der Waals surface area contributed by atoms with Crippen molar-refractivity contribution in [3.05, 3.63) is 44.8 Å². The minimum absolute atomic E-state index is 0.0758. The predicted octanol–water partition coefficient (Wildman–Crippen LogP) is 1.89. The molecule has 3 rings (SSSR count). The average Bonchev–Trinajstić information content (AvgIpc) is 3.32. The van der Waals surface area contributed by atoms with Crippen LogP contribution in [0.2, 0.25) is 0 Å². The molecule has 1 amide bonds. The van der Waals surface area contributed by atoms with Crippen LogP contribution in [0.15, 0.2) is 33.2 Å². The molecule has 0 aliphatic rings. The maximum absolute atomic E-state index is 12.9. The molecule has 0 radical (unpaired) electrons. The third-order valence-electron chi connectivity index (χ3n) is 3.93. The van der Waals surface area contributed by atoms with Crippen LogP contribution >= 0.6 is 11.3 Å². The number of esters is 1. The Morgan fingerprint density at radius 3 is 2.89 bits per heavy atom. The number of rotatable bonds is 7. The van der Waals surface area contributed by atoms with Crippen LogP contribution in [0.4, 0.5) is 0 Å². The monoisotopic (exact) mass is 390 g/mol. The van der Waals surface area contributed by atoms with Crippen LogP contribution in [0.3, 0.4) is 0 Å². The highest BCUT2D eigenvalue weighted by molar-refractivity contribution is 7.09. The van der Waals surface area contributed by atoms with Gasteiger partial charge in [0.25, 0.3) is 11.3 Å². The van der Waals surface area contributed by atoms with Crippen LogP contribution < -0.4 is 10.9 Å². The minimum Gasteiger partial charge on any atom is -0.461 e. The summed E-state index contributed by atoms with van der Waals surface area (Å²) < 4.78 is 11.0. The molecule has 142 valence electrons. The summed E-state index contributed by atoms with van der Waals surface area (Å²) in [6.07, 6.45) is 1.59. The van der Waals surface area contributed by atoms with Crippen molar-refractivity contribution in [2.75, 3.05) is 6.61 Å². The van der Waals surface area contributed by atoms with E-state index >= 15 is 0 Å². The summed E-state index contributed by atoms with van der Waals surface area (Å²) in [6.45, 7) is 3.93. The van der Waals surface area contributed by atoms with Crippen molar-refractivity contribution in [1.82, 2.24) is 20.0 Å². The van der Waals surface area contributed by atoms with Gasteiger partial charge < -0.3 is 14.6 Å². The second-order valence-electron chi connectivity index (χ2n) is 5.61. The first-order chi connectivity index (χ1) is 13.1. The lowest BCUT2D eigenvalue weighted by Crippen LogP contribution is -2.37. The van der Waals surface area contributed by atoms with Crippen LogP contribution in [0, 0.1) is 0 Å². The number of fused-ring (bicyclic) bond motifs is 1. The van der Waals surface area contributed by atoms with Crippen molar-refractivity contribution in [3.8, 4) is 0 Å². The zero-order chi connectivity index (χ0) is 19.4. The quantitative estimate of drug-likeness (QED) is 0.612. The third kappa shape index (κ3) is 3.75. The molecule has 0 aromatic carbocycles. The SMILES string of the molecule is CCOC(=O)c1noc2ncn([C@@H](CC)C(=O)NCc3cccs3)c(=O)c12. The summed E-state index contributed by atoms with van der Waals surface area (Å²) in [5.41, 5.74) is -0.900. The van der Waals surface area contributed by atoms with E-state index in [0.29, 0.717) is 13.0 Å². The number of aromatic nitrogens is 3. The lowest BCUT2D eigenvalue weighted by molar-refractivity contribution is -0.124. The molecule has 0 aliphatic carbocycles. The number of carbonyl (C=O) groups excluding carboxylic acids is 2. The molecular formula is C17H18N4O5S. The maximum Gasteiger partial charge on any atom is 0.361 e. The van der Waals surface area contributed by atoms with E-state index < -0.39 is 17.6 Å². The number of hydrogen-bond acceptors (Lipinski definition) is 8. The maximum atomic E-state index is 12.9. The fourth-order valence-electron chi connectivity index (χ4n) is 2.63. The first kappa shape index (κ1) is 18.8. The summed E-state index contributed by atoms with van der Waals surface area (Å²) in [5, 5.41) is 8.23. The van der Waals surface area contributed by atoms with Crippen LogP contribution in [0.1, 0.15) is 41.7 Å². The zero-order valence-corrected chi connectivity index (χ0v) is 15.6. The molecule has 0 unspecified atom stereocenters. The van der Waals surface area contributed by atoms with E-state index in [-0.39, 0.29) is 29.3 Å². The van der Waals surface area contributed by atoms with Crippen LogP contribution in [0.25, 0.3) is 11.1 Å². The minimum atomic E-state index is -0.778. The molecule has 9 nitrogen and oxygen atoms in total. The summed E-state index contributed by atoms with van der Waals surface area (Å²) in [6, 6.07) is 3.03. The molecule has 3 heterocycles. The van der Waals surface area contributed by atoms with Gasteiger partial charge in [0.1, 0.15) is 17.8 Å². The molecule has 1 N–H and O–H groups in total. The second-order valence-corrected chi connectivity index (χ2v) is 6.64. The number of thiophene rings is 1. The highest BCUT2D eigenvalue weighted by Crippen LogP contribution is 2.16. The van der Waals surface area contributed by atoms with Gasteiger partial charge in [0.2, 0.25) is 11.6 Å². The highest BCUT2D eigenvalue weighted by atomic mass is 32.1. The van der Waals surface area contributed by atoms with Gasteiger partial charge in [-0.25, -0.2) is 9.78 Å². The van der Waals surface area contributed by atoms with Crippen molar-refractivity contribution in [3.63, 3.8) is 0 Å². The van der Waals surface area contributed by atoms with Gasteiger partial charge >= 0.3 is 5.97 Å². The van der Waals surface area contributed by atoms with E-state index in [2.05, 4.69) is 15.5 Å². The number of ether oxygens (including phenoxy) is 1. The second kappa shape index (κ2) is 8.12. The largest absolute Gasteiger partial charge is 0.461 e. The van der Waals surface area contributed by atoms with Crippen LogP contribution in [0.5, 0.6) is 0 Å². The predicted molar refractivity (Wildman–Crippen MR) is 97.5 cm³/mol. The Bertz CT molecular complexity index is 1010. The highest BCUT2D eigenvalue weighted by Gasteiger charge is 2.26. The molecular weight excluding hydrogens is 372 g/mol. The number of nitrogens with zero attached hydrogens (tertiary/aromatic N) is 3. The molecule has 0 saturated carbocycles. The average molecular weight is 390 g/mol. The number of carbonyl (C=O) groups is 2. The fraction of sp³-hybridized carbons (Fsp3) is 0.353. The first-order valence-electron chi connectivity index (χ1n) is 8.40. The van der Waals surface area contributed by atoms with E-state index in [1.165, 1.54) is 22.2 Å². The van der Waals surface area contributed by atoms with Crippen LogP contribution in [-0.2, 0) is 16.1 Å². The molecule has 27 heavy (non-hydrogen) atoms. The van der Waals surface area contributed by atoms with E-state index in [1.807, 2.05) is 17.5 Å². The van der Waals surface area contributed by atoms with E-state index in [0.717, 1.165) is 4.88 Å². The van der Waals surface area contributed by atoms with E-state index in [9.17, 15) is 14.4 Å². The van der Waals surface area contributed by atoms with Crippen molar-refractivity contribution in [2.45, 2.75) is 32.9 Å². The van der Waals surface area contributed by atoms with Gasteiger partial charge in [0, 0.05) is 4.88 Å². The normalized spacial score (nSPS) is 12.1. The van der Waals surface area contributed by atoms with Gasteiger partial charge in [0.15, 0.2) is 0 Å². The zero-order valence-electron chi connectivity index (χ0n) is 14.8. The molecule has 1 atom stereocenters. The Morgan fingerprint density at radius 1 is 1.41 bits per heavy atom. The molecule has 0 fully saturated rings.